The summed E-state index contributed by atoms with van der Waals surface area (Å²) in [5, 5.41) is 0. The number of halogens is 3. The number of hydrogen-bond donors (Lipinski definition) is 2. The highest BCUT2D eigenvalue weighted by Gasteiger charge is 2.33. The molecule has 0 rings (SSSR count). The molecule has 2 unspecified atom stereocenters. The summed E-state index contributed by atoms with van der Waals surface area (Å²) in [6, 6.07) is -0.667. The van der Waals surface area contributed by atoms with Crippen molar-refractivity contribution < 1.29 is 13.2 Å². The molecule has 2 nitrogen and oxygen atoms in total. The van der Waals surface area contributed by atoms with Gasteiger partial charge in [-0.1, -0.05) is 20.3 Å². The predicted octanol–water partition coefficient (Wildman–Crippen LogP) is 2.21. The smallest absolute Gasteiger partial charge is 0.271 e. The van der Waals surface area contributed by atoms with Crippen LogP contribution in [0.2, 0.25) is 0 Å². The fraction of sp³-hybridized carbons (Fsp3) is 1.00. The Labute approximate surface area is 76.7 Å². The lowest BCUT2D eigenvalue weighted by Gasteiger charge is -2.23. The molecule has 0 aromatic rings. The highest BCUT2D eigenvalue weighted by Crippen LogP contribution is 2.25. The second kappa shape index (κ2) is 5.44. The van der Waals surface area contributed by atoms with Crippen LogP contribution in [0, 0.1) is 5.92 Å². The Morgan fingerprint density at radius 2 is 1.92 bits per heavy atom. The van der Waals surface area contributed by atoms with E-state index in [1.54, 1.807) is 6.92 Å². The van der Waals surface area contributed by atoms with Crippen LogP contribution in [0.25, 0.3) is 0 Å². The highest BCUT2D eigenvalue weighted by molar-refractivity contribution is 4.73. The van der Waals surface area contributed by atoms with Gasteiger partial charge in [-0.05, 0) is 12.3 Å². The topological polar surface area (TPSA) is 38.0 Å². The van der Waals surface area contributed by atoms with Crippen LogP contribution in [0.15, 0.2) is 0 Å². The molecule has 0 amide bonds. The Morgan fingerprint density at radius 3 is 2.23 bits per heavy atom. The first-order chi connectivity index (χ1) is 5.90. The van der Waals surface area contributed by atoms with Gasteiger partial charge in [-0.25, -0.2) is 0 Å². The van der Waals surface area contributed by atoms with E-state index in [0.29, 0.717) is 0 Å². The zero-order valence-corrected chi connectivity index (χ0v) is 7.99. The van der Waals surface area contributed by atoms with Gasteiger partial charge < -0.3 is 0 Å². The van der Waals surface area contributed by atoms with Crippen LogP contribution in [-0.4, -0.2) is 12.2 Å². The average molecular weight is 198 g/mol. The molecular formula is C8H17F3N2. The summed E-state index contributed by atoms with van der Waals surface area (Å²) < 4.78 is 36.0. The van der Waals surface area contributed by atoms with Gasteiger partial charge in [0.15, 0.2) is 0 Å². The zero-order valence-electron chi connectivity index (χ0n) is 7.99. The first-order valence-corrected chi connectivity index (χ1v) is 4.43. The van der Waals surface area contributed by atoms with Crippen molar-refractivity contribution in [1.82, 2.24) is 5.43 Å². The summed E-state index contributed by atoms with van der Waals surface area (Å²) in [6.07, 6.45) is -3.37. The van der Waals surface area contributed by atoms with Gasteiger partial charge in [0.1, 0.15) is 0 Å². The molecule has 0 bridgehead atoms. The molecule has 13 heavy (non-hydrogen) atoms. The SMILES string of the molecule is CCCC(C)C(CC(F)(F)F)NN. The summed E-state index contributed by atoms with van der Waals surface area (Å²) in [4.78, 5) is 0. The lowest BCUT2D eigenvalue weighted by molar-refractivity contribution is -0.142. The first kappa shape index (κ1) is 12.7. The normalized spacial score (nSPS) is 17.1. The van der Waals surface area contributed by atoms with Crippen LogP contribution >= 0.6 is 0 Å². The van der Waals surface area contributed by atoms with Crippen LogP contribution < -0.4 is 11.3 Å². The monoisotopic (exact) mass is 198 g/mol. The fourth-order valence-corrected chi connectivity index (χ4v) is 1.33. The van der Waals surface area contributed by atoms with Crippen molar-refractivity contribution in [3.63, 3.8) is 0 Å². The molecule has 0 aromatic carbocycles. The largest absolute Gasteiger partial charge is 0.390 e. The van der Waals surface area contributed by atoms with Crippen molar-refractivity contribution in [2.75, 3.05) is 0 Å². The molecule has 0 spiro atoms. The van der Waals surface area contributed by atoms with Crippen LogP contribution in [0.1, 0.15) is 33.1 Å². The summed E-state index contributed by atoms with van der Waals surface area (Å²) in [5.74, 6) is 5.02. The minimum Gasteiger partial charge on any atom is -0.271 e. The van der Waals surface area contributed by atoms with Crippen molar-refractivity contribution >= 4 is 0 Å². The Morgan fingerprint density at radius 1 is 1.38 bits per heavy atom. The number of hydrazine groups is 1. The number of nitrogens with one attached hydrogen (secondary N) is 1. The zero-order chi connectivity index (χ0) is 10.5. The van der Waals surface area contributed by atoms with E-state index in [9.17, 15) is 13.2 Å². The quantitative estimate of drug-likeness (QED) is 0.525. The number of rotatable bonds is 5. The van der Waals surface area contributed by atoms with E-state index >= 15 is 0 Å². The Kier molecular flexibility index (Phi) is 5.32. The van der Waals surface area contributed by atoms with E-state index in [0.717, 1.165) is 12.8 Å². The van der Waals surface area contributed by atoms with Crippen molar-refractivity contribution in [2.24, 2.45) is 11.8 Å². The Balaban J connectivity index is 4.01. The van der Waals surface area contributed by atoms with Gasteiger partial charge in [0, 0.05) is 6.04 Å². The molecule has 3 N–H and O–H groups in total. The van der Waals surface area contributed by atoms with Gasteiger partial charge in [-0.2, -0.15) is 13.2 Å². The maximum Gasteiger partial charge on any atom is 0.390 e. The molecule has 2 atom stereocenters. The third-order valence-corrected chi connectivity index (χ3v) is 2.10. The van der Waals surface area contributed by atoms with E-state index in [1.165, 1.54) is 0 Å². The molecule has 0 aliphatic heterocycles. The minimum atomic E-state index is -4.14. The van der Waals surface area contributed by atoms with Gasteiger partial charge in [-0.3, -0.25) is 11.3 Å². The first-order valence-electron chi connectivity index (χ1n) is 4.43. The van der Waals surface area contributed by atoms with Crippen molar-refractivity contribution in [3.05, 3.63) is 0 Å². The molecule has 0 radical (unpaired) electrons. The average Bonchev–Trinajstić information content (AvgIpc) is 1.99. The van der Waals surface area contributed by atoms with Gasteiger partial charge in [0.05, 0.1) is 6.42 Å². The summed E-state index contributed by atoms with van der Waals surface area (Å²) >= 11 is 0. The maximum atomic E-state index is 12.0. The highest BCUT2D eigenvalue weighted by atomic mass is 19.4. The van der Waals surface area contributed by atoms with Crippen molar-refractivity contribution in [2.45, 2.75) is 45.3 Å². The molecule has 0 aliphatic carbocycles. The lowest BCUT2D eigenvalue weighted by Crippen LogP contribution is -2.42. The molecule has 0 aliphatic rings. The van der Waals surface area contributed by atoms with E-state index in [-0.39, 0.29) is 5.92 Å². The van der Waals surface area contributed by atoms with Gasteiger partial charge in [0.25, 0.3) is 0 Å². The van der Waals surface area contributed by atoms with E-state index < -0.39 is 18.6 Å². The van der Waals surface area contributed by atoms with E-state index in [4.69, 9.17) is 5.84 Å². The number of alkyl halides is 3. The minimum absolute atomic E-state index is 0.0448. The summed E-state index contributed by atoms with van der Waals surface area (Å²) in [6.45, 7) is 3.72. The van der Waals surface area contributed by atoms with Gasteiger partial charge in [0.2, 0.25) is 0 Å². The van der Waals surface area contributed by atoms with Crippen LogP contribution in [0.3, 0.4) is 0 Å². The fourth-order valence-electron chi connectivity index (χ4n) is 1.33. The molecule has 0 heterocycles. The van der Waals surface area contributed by atoms with Crippen LogP contribution in [0.4, 0.5) is 13.2 Å². The summed E-state index contributed by atoms with van der Waals surface area (Å²) in [7, 11) is 0. The second-order valence-electron chi connectivity index (χ2n) is 3.36. The van der Waals surface area contributed by atoms with Gasteiger partial charge >= 0.3 is 6.18 Å². The molecule has 0 aromatic heterocycles. The molecule has 0 fully saturated rings. The Bertz CT molecular complexity index is 136. The number of hydrogen-bond acceptors (Lipinski definition) is 2. The molecule has 0 saturated heterocycles. The summed E-state index contributed by atoms with van der Waals surface area (Å²) in [5.41, 5.74) is 2.22. The predicted molar refractivity (Wildman–Crippen MR) is 45.9 cm³/mol. The third-order valence-electron chi connectivity index (χ3n) is 2.10. The van der Waals surface area contributed by atoms with Crippen LogP contribution in [0.5, 0.6) is 0 Å². The maximum absolute atomic E-state index is 12.0. The third kappa shape index (κ3) is 5.87. The van der Waals surface area contributed by atoms with E-state index in [1.807, 2.05) is 6.92 Å². The molecule has 80 valence electrons. The Hall–Kier alpha value is -0.290. The lowest BCUT2D eigenvalue weighted by atomic mass is 9.95. The van der Waals surface area contributed by atoms with Gasteiger partial charge in [-0.15, -0.1) is 0 Å². The molecular weight excluding hydrogens is 181 g/mol. The molecule has 5 heteroatoms. The van der Waals surface area contributed by atoms with Crippen LogP contribution in [-0.2, 0) is 0 Å². The standard InChI is InChI=1S/C8H17F3N2/c1-3-4-6(2)7(13-12)5-8(9,10)11/h6-7,13H,3-5,12H2,1-2H3. The second-order valence-corrected chi connectivity index (χ2v) is 3.36. The molecule has 0 saturated carbocycles. The van der Waals surface area contributed by atoms with E-state index in [2.05, 4.69) is 5.43 Å². The van der Waals surface area contributed by atoms with Crippen molar-refractivity contribution in [1.29, 1.82) is 0 Å². The van der Waals surface area contributed by atoms with Crippen molar-refractivity contribution in [3.8, 4) is 0 Å². The number of nitrogens with two attached hydrogens (primary N) is 1.